The van der Waals surface area contributed by atoms with Crippen molar-refractivity contribution in [1.82, 2.24) is 4.98 Å². The summed E-state index contributed by atoms with van der Waals surface area (Å²) >= 11 is 3.97. The minimum absolute atomic E-state index is 0.509. The van der Waals surface area contributed by atoms with E-state index in [2.05, 4.69) is 19.8 Å². The summed E-state index contributed by atoms with van der Waals surface area (Å²) in [6.07, 6.45) is 1.63. The summed E-state index contributed by atoms with van der Waals surface area (Å²) in [7, 11) is 1.57. The number of furan rings is 1. The number of hydrogen-bond acceptors (Lipinski definition) is 3. The van der Waals surface area contributed by atoms with Gasteiger partial charge in [-0.1, -0.05) is 0 Å². The van der Waals surface area contributed by atoms with E-state index in [1.807, 2.05) is 6.07 Å². The second kappa shape index (κ2) is 4.11. The van der Waals surface area contributed by atoms with Gasteiger partial charge in [0.1, 0.15) is 0 Å². The Morgan fingerprint density at radius 1 is 1.38 bits per heavy atom. The van der Waals surface area contributed by atoms with Crippen LogP contribution in [0.25, 0.3) is 11.1 Å². The summed E-state index contributed by atoms with van der Waals surface area (Å²) in [4.78, 5) is 11.1. The molecular weight excluding hydrogens is 332 g/mol. The summed E-state index contributed by atoms with van der Waals surface area (Å²) in [5.41, 5.74) is 1.45. The minimum atomic E-state index is -2.20. The van der Waals surface area contributed by atoms with E-state index in [0.717, 1.165) is 9.29 Å². The predicted octanol–water partition coefficient (Wildman–Crippen LogP) is 3.04. The second-order valence-corrected chi connectivity index (χ2v) is 19.3. The van der Waals surface area contributed by atoms with Gasteiger partial charge in [0.15, 0.2) is 0 Å². The molecule has 16 heavy (non-hydrogen) atoms. The third-order valence-electron chi connectivity index (χ3n) is 2.41. The van der Waals surface area contributed by atoms with Gasteiger partial charge in [-0.05, 0) is 0 Å². The standard InChI is InChI=1S/C8H5ClNO2.3CH3.Sn/c1-11-6-4-10-5-2-3-12-8(5)7(6)9;;;;/h2,4H,1H3;3*1H3;. The van der Waals surface area contributed by atoms with Crippen LogP contribution in [0.15, 0.2) is 16.7 Å². The molecule has 0 spiro atoms. The van der Waals surface area contributed by atoms with Crippen LogP contribution in [0.1, 0.15) is 0 Å². The van der Waals surface area contributed by atoms with E-state index in [1.54, 1.807) is 13.3 Å². The molecule has 0 bridgehead atoms. The van der Waals surface area contributed by atoms with E-state index in [1.165, 1.54) is 0 Å². The maximum atomic E-state index is 6.17. The average molecular weight is 346 g/mol. The third kappa shape index (κ3) is 2.02. The maximum absolute atomic E-state index is 6.17. The molecule has 0 saturated heterocycles. The molecule has 3 nitrogen and oxygen atoms in total. The van der Waals surface area contributed by atoms with Crippen molar-refractivity contribution in [2.24, 2.45) is 0 Å². The molecule has 5 heteroatoms. The Morgan fingerprint density at radius 3 is 2.62 bits per heavy atom. The van der Waals surface area contributed by atoms with E-state index in [9.17, 15) is 0 Å². The molecule has 0 saturated carbocycles. The van der Waals surface area contributed by atoms with E-state index >= 15 is 0 Å². The van der Waals surface area contributed by atoms with Crippen molar-refractivity contribution in [3.8, 4) is 5.75 Å². The molecule has 2 aromatic rings. The van der Waals surface area contributed by atoms with Gasteiger partial charge in [0.2, 0.25) is 0 Å². The van der Waals surface area contributed by atoms with Crippen LogP contribution in [0.5, 0.6) is 5.75 Å². The van der Waals surface area contributed by atoms with Crippen LogP contribution in [0.2, 0.25) is 19.8 Å². The van der Waals surface area contributed by atoms with Gasteiger partial charge in [-0.15, -0.1) is 0 Å². The fourth-order valence-electron chi connectivity index (χ4n) is 1.44. The SMILES string of the molecule is COc1cnc2c[c]([Sn]([CH3])([CH3])[CH3])oc2c1Cl. The summed E-state index contributed by atoms with van der Waals surface area (Å²) in [6, 6.07) is 2.01. The topological polar surface area (TPSA) is 35.3 Å². The molecule has 86 valence electrons. The van der Waals surface area contributed by atoms with E-state index < -0.39 is 18.4 Å². The van der Waals surface area contributed by atoms with Crippen LogP contribution in [0, 0.1) is 0 Å². The van der Waals surface area contributed by atoms with Gasteiger partial charge in [-0.25, -0.2) is 0 Å². The van der Waals surface area contributed by atoms with Gasteiger partial charge in [0.05, 0.1) is 0 Å². The summed E-state index contributed by atoms with van der Waals surface area (Å²) in [5.74, 6) is 0.555. The number of halogens is 1. The number of fused-ring (bicyclic) bond motifs is 1. The van der Waals surface area contributed by atoms with E-state index in [-0.39, 0.29) is 0 Å². The zero-order valence-corrected chi connectivity index (χ0v) is 13.4. The molecule has 0 amide bonds. The van der Waals surface area contributed by atoms with E-state index in [0.29, 0.717) is 16.4 Å². The molecule has 0 aliphatic carbocycles. The number of hydrogen-bond donors (Lipinski definition) is 0. The number of rotatable bonds is 2. The van der Waals surface area contributed by atoms with Crippen molar-refractivity contribution in [3.63, 3.8) is 0 Å². The van der Waals surface area contributed by atoms with Crippen LogP contribution in [-0.4, -0.2) is 30.5 Å². The molecule has 2 aromatic heterocycles. The first-order chi connectivity index (χ1) is 7.43. The summed E-state index contributed by atoms with van der Waals surface area (Å²) < 4.78 is 12.0. The van der Waals surface area contributed by atoms with Crippen molar-refractivity contribution in [3.05, 3.63) is 17.3 Å². The first kappa shape index (κ1) is 12.0. The van der Waals surface area contributed by atoms with Crippen LogP contribution < -0.4 is 8.51 Å². The average Bonchev–Trinajstić information content (AvgIpc) is 2.62. The molecule has 0 radical (unpaired) electrons. The second-order valence-electron chi connectivity index (χ2n) is 4.72. The van der Waals surface area contributed by atoms with Crippen LogP contribution >= 0.6 is 11.6 Å². The molecule has 0 N–H and O–H groups in total. The van der Waals surface area contributed by atoms with Crippen LogP contribution in [-0.2, 0) is 0 Å². The van der Waals surface area contributed by atoms with Crippen LogP contribution in [0.3, 0.4) is 0 Å². The molecule has 2 heterocycles. The zero-order chi connectivity index (χ0) is 11.9. The number of methoxy groups -OCH3 is 1. The number of ether oxygens (including phenoxy) is 1. The Kier molecular flexibility index (Phi) is 3.09. The van der Waals surface area contributed by atoms with Gasteiger partial charge in [0.25, 0.3) is 0 Å². The molecule has 0 unspecified atom stereocenters. The van der Waals surface area contributed by atoms with Crippen molar-refractivity contribution in [2.75, 3.05) is 7.11 Å². The molecule has 2 rings (SSSR count). The number of nitrogens with zero attached hydrogens (tertiary/aromatic N) is 1. The van der Waals surface area contributed by atoms with Crippen molar-refractivity contribution >= 4 is 44.9 Å². The quantitative estimate of drug-likeness (QED) is 0.784. The Hall–Kier alpha value is -0.421. The fraction of sp³-hybridized carbons (Fsp3) is 0.364. The van der Waals surface area contributed by atoms with E-state index in [4.69, 9.17) is 20.8 Å². The summed E-state index contributed by atoms with van der Waals surface area (Å²) in [6.45, 7) is 0. The van der Waals surface area contributed by atoms with Gasteiger partial charge in [-0.3, -0.25) is 0 Å². The molecule has 0 atom stereocenters. The van der Waals surface area contributed by atoms with Gasteiger partial charge < -0.3 is 0 Å². The van der Waals surface area contributed by atoms with Crippen LogP contribution in [0.4, 0.5) is 0 Å². The predicted molar refractivity (Wildman–Crippen MR) is 68.6 cm³/mol. The Balaban J connectivity index is 2.67. The first-order valence-corrected chi connectivity index (χ1v) is 15.4. The van der Waals surface area contributed by atoms with Gasteiger partial charge >= 0.3 is 104 Å². The van der Waals surface area contributed by atoms with Crippen molar-refractivity contribution in [1.29, 1.82) is 0 Å². The molecule has 0 aliphatic heterocycles. The van der Waals surface area contributed by atoms with Gasteiger partial charge in [0, 0.05) is 0 Å². The first-order valence-electron chi connectivity index (χ1n) is 5.06. The normalized spacial score (nSPS) is 12.1. The Bertz CT molecular complexity index is 530. The summed E-state index contributed by atoms with van der Waals surface area (Å²) in [5, 5.41) is 0.509. The fourth-order valence-corrected chi connectivity index (χ4v) is 4.50. The van der Waals surface area contributed by atoms with Crippen molar-refractivity contribution < 1.29 is 9.15 Å². The molecular formula is C11H14ClNO2Sn. The molecule has 0 aliphatic rings. The number of pyridine rings is 1. The molecule has 0 aromatic carbocycles. The monoisotopic (exact) mass is 347 g/mol. The zero-order valence-electron chi connectivity index (χ0n) is 9.80. The Labute approximate surface area is 104 Å². The number of aromatic nitrogens is 1. The van der Waals surface area contributed by atoms with Crippen molar-refractivity contribution in [2.45, 2.75) is 14.8 Å². The molecule has 0 fully saturated rings. The van der Waals surface area contributed by atoms with Gasteiger partial charge in [-0.2, -0.15) is 0 Å². The Morgan fingerprint density at radius 2 is 2.06 bits per heavy atom. The third-order valence-corrected chi connectivity index (χ3v) is 7.69.